The topological polar surface area (TPSA) is 102 Å². The number of rotatable bonds is 4. The number of nitrogens with zero attached hydrogens (tertiary/aromatic N) is 1. The fraction of sp³-hybridized carbons (Fsp3) is 0.0667. The zero-order chi connectivity index (χ0) is 17.3. The van der Waals surface area contributed by atoms with Crippen LogP contribution in [0.25, 0.3) is 22.3 Å². The van der Waals surface area contributed by atoms with Crippen LogP contribution in [0.3, 0.4) is 0 Å². The predicted molar refractivity (Wildman–Crippen MR) is 98.0 cm³/mol. The summed E-state index contributed by atoms with van der Waals surface area (Å²) >= 11 is 2.12. The second-order valence-electron chi connectivity index (χ2n) is 4.81. The molecule has 1 heterocycles. The number of para-hydroxylation sites is 1. The fourth-order valence-corrected chi connectivity index (χ4v) is 3.12. The Morgan fingerprint density at radius 3 is 2.75 bits per heavy atom. The summed E-state index contributed by atoms with van der Waals surface area (Å²) in [4.78, 5) is 28.9. The van der Waals surface area contributed by atoms with Crippen LogP contribution in [-0.4, -0.2) is 22.0 Å². The number of halogens is 1. The molecule has 0 bridgehead atoms. The van der Waals surface area contributed by atoms with Gasteiger partial charge in [-0.3, -0.25) is 14.2 Å². The Bertz CT molecular complexity index is 1020. The van der Waals surface area contributed by atoms with E-state index in [1.807, 2.05) is 6.07 Å². The Balaban J connectivity index is 2.16. The number of H-pyrrole nitrogens is 1. The van der Waals surface area contributed by atoms with Gasteiger partial charge in [-0.25, -0.2) is 9.55 Å². The van der Waals surface area contributed by atoms with E-state index in [0.717, 1.165) is 10.7 Å². The van der Waals surface area contributed by atoms with Gasteiger partial charge in [-0.2, -0.15) is 0 Å². The Morgan fingerprint density at radius 2 is 2.00 bits per heavy atom. The van der Waals surface area contributed by atoms with E-state index in [4.69, 9.17) is 4.52 Å². The molecule has 24 heavy (non-hydrogen) atoms. The molecule has 0 saturated carbocycles. The van der Waals surface area contributed by atoms with Crippen LogP contribution < -0.4 is 10.1 Å². The van der Waals surface area contributed by atoms with E-state index >= 15 is 0 Å². The molecule has 7 nitrogen and oxygen atoms in total. The zero-order valence-corrected chi connectivity index (χ0v) is 15.4. The average molecular weight is 458 g/mol. The zero-order valence-electron chi connectivity index (χ0n) is 12.4. The fourth-order valence-electron chi connectivity index (χ4n) is 2.14. The second kappa shape index (κ2) is 6.64. The van der Waals surface area contributed by atoms with E-state index in [0.29, 0.717) is 16.5 Å². The summed E-state index contributed by atoms with van der Waals surface area (Å²) in [5.74, 6) is 0.318. The first kappa shape index (κ1) is 17.1. The van der Waals surface area contributed by atoms with Gasteiger partial charge in [-0.05, 0) is 52.9 Å². The number of benzene rings is 2. The quantitative estimate of drug-likeness (QED) is 0.460. The molecule has 1 aromatic heterocycles. The standard InChI is InChI=1S/C15H12IN2O5P/c1-22-24(20,21)23-13-5-3-2-4-10(13)14-17-12-7-6-9(16)8-11(12)15(19)18-14/h2-8H,1H3,(H,20,21)(H,17,18,19). The van der Waals surface area contributed by atoms with Gasteiger partial charge < -0.3 is 9.51 Å². The maximum absolute atomic E-state index is 12.3. The van der Waals surface area contributed by atoms with Crippen LogP contribution >= 0.6 is 30.4 Å². The summed E-state index contributed by atoms with van der Waals surface area (Å²) in [6, 6.07) is 11.8. The molecule has 0 aliphatic rings. The van der Waals surface area contributed by atoms with Crippen LogP contribution in [0.15, 0.2) is 47.3 Å². The molecule has 3 rings (SSSR count). The van der Waals surface area contributed by atoms with Crippen molar-refractivity contribution >= 4 is 41.3 Å². The minimum absolute atomic E-state index is 0.0817. The van der Waals surface area contributed by atoms with E-state index in [9.17, 15) is 14.3 Å². The highest BCUT2D eigenvalue weighted by atomic mass is 127. The largest absolute Gasteiger partial charge is 0.527 e. The van der Waals surface area contributed by atoms with Crippen LogP contribution in [-0.2, 0) is 9.09 Å². The van der Waals surface area contributed by atoms with Gasteiger partial charge in [0, 0.05) is 10.7 Å². The third-order valence-electron chi connectivity index (χ3n) is 3.25. The Kier molecular flexibility index (Phi) is 4.73. The lowest BCUT2D eigenvalue weighted by molar-refractivity contribution is 0.243. The van der Waals surface area contributed by atoms with E-state index in [1.54, 1.807) is 30.3 Å². The van der Waals surface area contributed by atoms with Crippen LogP contribution in [0.4, 0.5) is 0 Å². The Labute approximate surface area is 150 Å². The molecule has 3 aromatic rings. The Morgan fingerprint density at radius 1 is 1.25 bits per heavy atom. The maximum atomic E-state index is 12.3. The van der Waals surface area contributed by atoms with Gasteiger partial charge in [-0.1, -0.05) is 12.1 Å². The first-order valence-corrected chi connectivity index (χ1v) is 9.34. The van der Waals surface area contributed by atoms with E-state index < -0.39 is 7.82 Å². The molecule has 0 radical (unpaired) electrons. The molecule has 0 aliphatic carbocycles. The number of aromatic amines is 1. The van der Waals surface area contributed by atoms with E-state index in [1.165, 1.54) is 6.07 Å². The molecule has 1 atom stereocenters. The summed E-state index contributed by atoms with van der Waals surface area (Å²) in [6.07, 6.45) is 0. The van der Waals surface area contributed by atoms with Crippen molar-refractivity contribution < 1.29 is 18.5 Å². The number of fused-ring (bicyclic) bond motifs is 1. The predicted octanol–water partition coefficient (Wildman–Crippen LogP) is 3.32. The third-order valence-corrected chi connectivity index (χ3v) is 4.81. The van der Waals surface area contributed by atoms with Crippen molar-refractivity contribution in [2.45, 2.75) is 0 Å². The highest BCUT2D eigenvalue weighted by molar-refractivity contribution is 14.1. The van der Waals surface area contributed by atoms with Crippen LogP contribution in [0.2, 0.25) is 0 Å². The van der Waals surface area contributed by atoms with Gasteiger partial charge >= 0.3 is 7.82 Å². The van der Waals surface area contributed by atoms with Crippen molar-refractivity contribution in [2.75, 3.05) is 7.11 Å². The van der Waals surface area contributed by atoms with Gasteiger partial charge in [0.2, 0.25) is 0 Å². The summed E-state index contributed by atoms with van der Waals surface area (Å²) in [6.45, 7) is 0. The lowest BCUT2D eigenvalue weighted by atomic mass is 10.1. The van der Waals surface area contributed by atoms with Gasteiger partial charge in [-0.15, -0.1) is 0 Å². The lowest BCUT2D eigenvalue weighted by Gasteiger charge is -2.13. The first-order chi connectivity index (χ1) is 11.4. The van der Waals surface area contributed by atoms with E-state index in [2.05, 4.69) is 37.1 Å². The number of phosphoric ester groups is 1. The molecule has 124 valence electrons. The molecule has 0 saturated heterocycles. The van der Waals surface area contributed by atoms with Crippen molar-refractivity contribution in [1.29, 1.82) is 0 Å². The molecule has 9 heteroatoms. The number of hydrogen-bond donors (Lipinski definition) is 2. The van der Waals surface area contributed by atoms with Gasteiger partial charge in [0.25, 0.3) is 5.56 Å². The van der Waals surface area contributed by atoms with Crippen LogP contribution in [0, 0.1) is 3.57 Å². The monoisotopic (exact) mass is 458 g/mol. The first-order valence-electron chi connectivity index (χ1n) is 6.77. The number of nitrogens with one attached hydrogen (secondary N) is 1. The van der Waals surface area contributed by atoms with Gasteiger partial charge in [0.1, 0.15) is 11.6 Å². The summed E-state index contributed by atoms with van der Waals surface area (Å²) in [5.41, 5.74) is 0.589. The minimum atomic E-state index is -4.23. The highest BCUT2D eigenvalue weighted by Gasteiger charge is 2.23. The lowest BCUT2D eigenvalue weighted by Crippen LogP contribution is -2.10. The van der Waals surface area contributed by atoms with Gasteiger partial charge in [0.05, 0.1) is 16.5 Å². The molecule has 0 amide bonds. The number of aromatic nitrogens is 2. The third kappa shape index (κ3) is 3.51. The van der Waals surface area contributed by atoms with E-state index in [-0.39, 0.29) is 17.1 Å². The molecular weight excluding hydrogens is 446 g/mol. The average Bonchev–Trinajstić information content (AvgIpc) is 2.55. The molecule has 2 N–H and O–H groups in total. The van der Waals surface area contributed by atoms with Crippen LogP contribution in [0.5, 0.6) is 5.75 Å². The van der Waals surface area contributed by atoms with Crippen molar-refractivity contribution in [3.05, 3.63) is 56.4 Å². The minimum Gasteiger partial charge on any atom is -0.403 e. The van der Waals surface area contributed by atoms with Crippen molar-refractivity contribution in [2.24, 2.45) is 0 Å². The molecule has 0 fully saturated rings. The molecule has 0 aliphatic heterocycles. The van der Waals surface area contributed by atoms with Crippen LogP contribution in [0.1, 0.15) is 0 Å². The molecule has 0 spiro atoms. The number of hydrogen-bond acceptors (Lipinski definition) is 5. The number of phosphoric acid groups is 1. The van der Waals surface area contributed by atoms with Crippen molar-refractivity contribution in [1.82, 2.24) is 9.97 Å². The summed E-state index contributed by atoms with van der Waals surface area (Å²) in [7, 11) is -3.16. The second-order valence-corrected chi connectivity index (χ2v) is 7.55. The highest BCUT2D eigenvalue weighted by Crippen LogP contribution is 2.45. The summed E-state index contributed by atoms with van der Waals surface area (Å²) in [5, 5.41) is 0.466. The SMILES string of the molecule is COP(=O)(O)Oc1ccccc1-c1nc2ccc(I)cc2c(=O)[nH]1. The molecule has 2 aromatic carbocycles. The van der Waals surface area contributed by atoms with Gasteiger partial charge in [0.15, 0.2) is 0 Å². The molecular formula is C15H12IN2O5P. The normalized spacial score (nSPS) is 13.6. The smallest absolute Gasteiger partial charge is 0.403 e. The van der Waals surface area contributed by atoms with Crippen molar-refractivity contribution in [3.63, 3.8) is 0 Å². The Hall–Kier alpha value is -1.74. The molecule has 1 unspecified atom stereocenters. The maximum Gasteiger partial charge on any atom is 0.527 e. The van der Waals surface area contributed by atoms with Crippen molar-refractivity contribution in [3.8, 4) is 17.1 Å². The summed E-state index contributed by atoms with van der Waals surface area (Å²) < 4.78 is 22.1.